The van der Waals surface area contributed by atoms with Gasteiger partial charge in [0.15, 0.2) is 0 Å². The summed E-state index contributed by atoms with van der Waals surface area (Å²) in [4.78, 5) is 10.4. The van der Waals surface area contributed by atoms with E-state index in [-0.39, 0.29) is 5.56 Å². The maximum atomic E-state index is 12.5. The van der Waals surface area contributed by atoms with Crippen LogP contribution in [0, 0.1) is 0 Å². The molecule has 0 saturated carbocycles. The summed E-state index contributed by atoms with van der Waals surface area (Å²) in [6.07, 6.45) is 0. The molecule has 13 heavy (non-hydrogen) atoms. The zero-order valence-electron chi connectivity index (χ0n) is 6.30. The lowest BCUT2D eigenvalue weighted by atomic mass is 10.1. The highest BCUT2D eigenvalue weighted by Gasteiger charge is 2.28. The predicted molar refractivity (Wildman–Crippen MR) is 43.1 cm³/mol. The zero-order valence-corrected chi connectivity index (χ0v) is 7.05. The number of carbonyl (C=O) groups is 1. The van der Waals surface area contributed by atoms with Gasteiger partial charge in [0, 0.05) is 5.56 Å². The van der Waals surface area contributed by atoms with Gasteiger partial charge in [0.25, 0.3) is 0 Å². The first-order valence-electron chi connectivity index (χ1n) is 3.32. The van der Waals surface area contributed by atoms with E-state index in [1.54, 1.807) is 0 Å². The third-order valence-corrected chi connectivity index (χ3v) is 1.66. The van der Waals surface area contributed by atoms with Crippen LogP contribution < -0.4 is 0 Å². The molecule has 1 aromatic rings. The van der Waals surface area contributed by atoms with E-state index in [0.717, 1.165) is 12.1 Å². The smallest absolute Gasteiger partial charge is 0.348 e. The summed E-state index contributed by atoms with van der Waals surface area (Å²) in [7, 11) is 0. The Morgan fingerprint density at radius 2 is 2.08 bits per heavy atom. The molecule has 0 bridgehead atoms. The molecule has 0 atom stereocenters. The molecule has 0 aromatic heterocycles. The number of aromatic carboxylic acids is 1. The number of hydrogen-bond acceptors (Lipinski definition) is 1. The van der Waals surface area contributed by atoms with E-state index < -0.39 is 16.9 Å². The number of halogens is 3. The van der Waals surface area contributed by atoms with Gasteiger partial charge in [-0.15, -0.1) is 0 Å². The van der Waals surface area contributed by atoms with Gasteiger partial charge in [-0.25, -0.2) is 4.79 Å². The number of alkyl halides is 3. The Morgan fingerprint density at radius 3 is 2.54 bits per heavy atom. The van der Waals surface area contributed by atoms with Crippen molar-refractivity contribution in [2.75, 3.05) is 0 Å². The Labute approximate surface area is 77.8 Å². The molecule has 1 aromatic carbocycles. The maximum absolute atomic E-state index is 12.5. The monoisotopic (exact) mass is 206 g/mol. The SMILES string of the molecule is O=C(O)c1cccc(C(F)(F)Cl)c1. The van der Waals surface area contributed by atoms with Crippen molar-refractivity contribution < 1.29 is 18.7 Å². The predicted octanol–water partition coefficient (Wildman–Crippen LogP) is 2.67. The van der Waals surface area contributed by atoms with Crippen LogP contribution in [0.4, 0.5) is 8.78 Å². The second-order valence-corrected chi connectivity index (χ2v) is 2.86. The lowest BCUT2D eigenvalue weighted by Gasteiger charge is -2.07. The Morgan fingerprint density at radius 1 is 1.46 bits per heavy atom. The molecular weight excluding hydrogens is 202 g/mol. The third-order valence-electron chi connectivity index (χ3n) is 1.44. The van der Waals surface area contributed by atoms with E-state index in [1.807, 2.05) is 0 Å². The molecule has 0 unspecified atom stereocenters. The minimum atomic E-state index is -3.52. The first-order chi connectivity index (χ1) is 5.91. The van der Waals surface area contributed by atoms with Crippen molar-refractivity contribution in [3.8, 4) is 0 Å². The fourth-order valence-electron chi connectivity index (χ4n) is 0.829. The first kappa shape index (κ1) is 9.92. The molecule has 5 heteroatoms. The van der Waals surface area contributed by atoms with Crippen molar-refractivity contribution in [3.63, 3.8) is 0 Å². The van der Waals surface area contributed by atoms with Gasteiger partial charge in [0.2, 0.25) is 0 Å². The largest absolute Gasteiger partial charge is 0.478 e. The molecule has 0 amide bonds. The normalized spacial score (nSPS) is 11.3. The van der Waals surface area contributed by atoms with Gasteiger partial charge in [-0.05, 0) is 23.7 Å². The fraction of sp³-hybridized carbons (Fsp3) is 0.125. The average Bonchev–Trinajstić information content (AvgIpc) is 2.03. The van der Waals surface area contributed by atoms with E-state index in [0.29, 0.717) is 0 Å². The quantitative estimate of drug-likeness (QED) is 0.756. The van der Waals surface area contributed by atoms with Crippen molar-refractivity contribution in [2.24, 2.45) is 0 Å². The summed E-state index contributed by atoms with van der Waals surface area (Å²) in [6, 6.07) is 4.35. The highest BCUT2D eigenvalue weighted by atomic mass is 35.5. The molecule has 0 saturated heterocycles. The Hall–Kier alpha value is -1.16. The lowest BCUT2D eigenvalue weighted by Crippen LogP contribution is -2.05. The summed E-state index contributed by atoms with van der Waals surface area (Å²) in [5, 5.41) is 4.96. The van der Waals surface area contributed by atoms with Crippen LogP contribution in [0.2, 0.25) is 0 Å². The molecule has 2 nitrogen and oxygen atoms in total. The molecule has 1 rings (SSSR count). The Balaban J connectivity index is 3.13. The summed E-state index contributed by atoms with van der Waals surface area (Å²) >= 11 is 4.71. The van der Waals surface area contributed by atoms with Crippen LogP contribution in [-0.2, 0) is 5.38 Å². The highest BCUT2D eigenvalue weighted by Crippen LogP contribution is 2.32. The van der Waals surface area contributed by atoms with Crippen LogP contribution in [0.15, 0.2) is 24.3 Å². The number of benzene rings is 1. The minimum absolute atomic E-state index is 0.210. The van der Waals surface area contributed by atoms with E-state index in [2.05, 4.69) is 0 Å². The van der Waals surface area contributed by atoms with Crippen LogP contribution in [-0.4, -0.2) is 11.1 Å². The number of rotatable bonds is 2. The molecule has 1 N–H and O–H groups in total. The molecule has 70 valence electrons. The van der Waals surface area contributed by atoms with Crippen LogP contribution in [0.5, 0.6) is 0 Å². The van der Waals surface area contributed by atoms with E-state index in [4.69, 9.17) is 16.7 Å². The summed E-state index contributed by atoms with van der Waals surface area (Å²) in [5.74, 6) is -1.26. The van der Waals surface area contributed by atoms with Crippen molar-refractivity contribution in [3.05, 3.63) is 35.4 Å². The molecule has 0 radical (unpaired) electrons. The van der Waals surface area contributed by atoms with Gasteiger partial charge in [-0.2, -0.15) is 8.78 Å². The number of carboxylic acids is 1. The van der Waals surface area contributed by atoms with Gasteiger partial charge >= 0.3 is 11.4 Å². The van der Waals surface area contributed by atoms with Crippen LogP contribution >= 0.6 is 11.6 Å². The Bertz CT molecular complexity index is 333. The standard InChI is InChI=1S/C8H5ClF2O2/c9-8(10,11)6-3-1-2-5(4-6)7(12)13/h1-4H,(H,12,13). The average molecular weight is 207 g/mol. The van der Waals surface area contributed by atoms with Gasteiger partial charge in [0.1, 0.15) is 0 Å². The molecule has 0 heterocycles. The summed E-state index contributed by atoms with van der Waals surface area (Å²) < 4.78 is 24.9. The summed E-state index contributed by atoms with van der Waals surface area (Å²) in [5.41, 5.74) is -0.730. The van der Waals surface area contributed by atoms with Gasteiger partial charge in [-0.3, -0.25) is 0 Å². The fourth-order valence-corrected chi connectivity index (χ4v) is 0.946. The van der Waals surface area contributed by atoms with E-state index >= 15 is 0 Å². The molecule has 0 aliphatic rings. The number of hydrogen-bond donors (Lipinski definition) is 1. The topological polar surface area (TPSA) is 37.3 Å². The van der Waals surface area contributed by atoms with E-state index in [1.165, 1.54) is 12.1 Å². The minimum Gasteiger partial charge on any atom is -0.478 e. The zero-order chi connectivity index (χ0) is 10.1. The molecular formula is C8H5ClF2O2. The highest BCUT2D eigenvalue weighted by molar-refractivity contribution is 6.21. The van der Waals surface area contributed by atoms with Crippen molar-refractivity contribution in [2.45, 2.75) is 5.38 Å². The molecule has 0 fully saturated rings. The molecule has 0 aliphatic heterocycles. The van der Waals surface area contributed by atoms with Crippen LogP contribution in [0.25, 0.3) is 0 Å². The summed E-state index contributed by atoms with van der Waals surface area (Å²) in [6.45, 7) is 0. The second kappa shape index (κ2) is 3.30. The third kappa shape index (κ3) is 2.39. The second-order valence-electron chi connectivity index (χ2n) is 2.38. The molecule has 0 spiro atoms. The van der Waals surface area contributed by atoms with Crippen molar-refractivity contribution in [1.82, 2.24) is 0 Å². The van der Waals surface area contributed by atoms with Gasteiger partial charge < -0.3 is 5.11 Å². The van der Waals surface area contributed by atoms with E-state index in [9.17, 15) is 13.6 Å². The van der Waals surface area contributed by atoms with Gasteiger partial charge in [0.05, 0.1) is 5.56 Å². The van der Waals surface area contributed by atoms with Crippen LogP contribution in [0.3, 0.4) is 0 Å². The molecule has 0 aliphatic carbocycles. The lowest BCUT2D eigenvalue weighted by molar-refractivity contribution is 0.0695. The first-order valence-corrected chi connectivity index (χ1v) is 3.69. The van der Waals surface area contributed by atoms with Crippen molar-refractivity contribution in [1.29, 1.82) is 0 Å². The Kier molecular flexibility index (Phi) is 2.52. The number of carboxylic acid groups (broad SMARTS) is 1. The van der Waals surface area contributed by atoms with Gasteiger partial charge in [-0.1, -0.05) is 12.1 Å². The van der Waals surface area contributed by atoms with Crippen molar-refractivity contribution >= 4 is 17.6 Å². The maximum Gasteiger partial charge on any atom is 0.348 e. The van der Waals surface area contributed by atoms with Crippen LogP contribution in [0.1, 0.15) is 15.9 Å².